The summed E-state index contributed by atoms with van der Waals surface area (Å²) in [7, 11) is -1.88. The lowest BCUT2D eigenvalue weighted by Gasteiger charge is -2.44. The van der Waals surface area contributed by atoms with E-state index in [9.17, 15) is 5.11 Å². The molecule has 1 N–H and O–H groups in total. The molecule has 0 amide bonds. The first-order chi connectivity index (χ1) is 17.1. The summed E-state index contributed by atoms with van der Waals surface area (Å²) in [6.07, 6.45) is 17.3. The molecule has 3 aliphatic rings. The lowest BCUT2D eigenvalue weighted by atomic mass is 9.61. The number of hydrogen-bond donors (Lipinski definition) is 1. The van der Waals surface area contributed by atoms with E-state index in [0.29, 0.717) is 35.5 Å². The number of fused-ring (bicyclic) bond motifs is 1. The molecule has 0 aromatic heterocycles. The van der Waals surface area contributed by atoms with Crippen LogP contribution in [0.15, 0.2) is 47.6 Å². The maximum absolute atomic E-state index is 10.8. The molecule has 2 nitrogen and oxygen atoms in total. The van der Waals surface area contributed by atoms with Gasteiger partial charge in [-0.3, -0.25) is 0 Å². The van der Waals surface area contributed by atoms with Crippen molar-refractivity contribution in [3.63, 3.8) is 0 Å². The Bertz CT molecular complexity index is 901. The van der Waals surface area contributed by atoms with Crippen molar-refractivity contribution < 1.29 is 9.53 Å². The highest BCUT2D eigenvalue weighted by atomic mass is 28.4. The zero-order chi connectivity index (χ0) is 27.8. The Morgan fingerprint density at radius 1 is 1.08 bits per heavy atom. The number of allylic oxidation sites excluding steroid dienone is 5. The van der Waals surface area contributed by atoms with Crippen molar-refractivity contribution in [1.29, 1.82) is 0 Å². The first-order valence-electron chi connectivity index (χ1n) is 15.2. The van der Waals surface area contributed by atoms with Crippen molar-refractivity contribution in [2.45, 2.75) is 131 Å². The van der Waals surface area contributed by atoms with Crippen LogP contribution >= 0.6 is 0 Å². The highest BCUT2D eigenvalue weighted by molar-refractivity contribution is 6.74. The smallest absolute Gasteiger partial charge is 0.192 e. The Morgan fingerprint density at radius 3 is 2.38 bits per heavy atom. The minimum atomic E-state index is -1.88. The Morgan fingerprint density at radius 2 is 1.76 bits per heavy atom. The second kappa shape index (κ2) is 11.7. The third-order valence-electron chi connectivity index (χ3n) is 11.0. The molecule has 0 saturated heterocycles. The number of aliphatic hydroxyl groups is 1. The summed E-state index contributed by atoms with van der Waals surface area (Å²) in [4.78, 5) is 0. The minimum absolute atomic E-state index is 0.0828. The predicted molar refractivity (Wildman–Crippen MR) is 163 cm³/mol. The van der Waals surface area contributed by atoms with E-state index in [4.69, 9.17) is 4.43 Å². The van der Waals surface area contributed by atoms with Crippen molar-refractivity contribution >= 4 is 8.32 Å². The van der Waals surface area contributed by atoms with Gasteiger partial charge in [-0.05, 0) is 103 Å². The van der Waals surface area contributed by atoms with E-state index in [1.54, 1.807) is 5.57 Å². The number of rotatable bonds is 7. The van der Waals surface area contributed by atoms with E-state index >= 15 is 0 Å². The quantitative estimate of drug-likeness (QED) is 0.264. The number of aliphatic hydroxyl groups excluding tert-OH is 1. The van der Waals surface area contributed by atoms with Gasteiger partial charge in [0, 0.05) is 6.42 Å². The Balaban J connectivity index is 1.77. The number of hydrogen-bond acceptors (Lipinski definition) is 2. The predicted octanol–water partition coefficient (Wildman–Crippen LogP) is 9.64. The second-order valence-electron chi connectivity index (χ2n) is 14.9. The van der Waals surface area contributed by atoms with E-state index in [1.165, 1.54) is 37.7 Å². The molecular formula is C34H58O2Si. The van der Waals surface area contributed by atoms with Gasteiger partial charge in [0.05, 0.1) is 12.2 Å². The normalized spacial score (nSPS) is 35.5. The molecule has 0 bridgehead atoms. The average Bonchev–Trinajstić information content (AvgIpc) is 3.15. The van der Waals surface area contributed by atoms with Crippen LogP contribution < -0.4 is 0 Å². The van der Waals surface area contributed by atoms with E-state index in [1.807, 2.05) is 0 Å². The highest BCUT2D eigenvalue weighted by Gasteiger charge is 2.50. The van der Waals surface area contributed by atoms with Gasteiger partial charge in [-0.15, -0.1) is 0 Å². The standard InChI is InChI=1S/C34H58O2Si/c1-23(2)24(3)14-15-25(4)30-18-19-31-27(13-12-20-34(30,31)9)16-17-28-21-29(22-32(35)26(28)5)36-37(10,11)33(6,7)8/h14-17,23-25,29-32,35H,5,12-13,18-22H2,1-4,6-11H3/b15-14?,27-16-,28-17+/t24-,25+,29+,30+,31-,32-,34+/m0/s1. The van der Waals surface area contributed by atoms with E-state index < -0.39 is 14.4 Å². The average molecular weight is 527 g/mol. The molecule has 0 heterocycles. The van der Waals surface area contributed by atoms with Crippen LogP contribution in [0.3, 0.4) is 0 Å². The molecule has 0 spiro atoms. The van der Waals surface area contributed by atoms with Gasteiger partial charge in [0.15, 0.2) is 8.32 Å². The van der Waals surface area contributed by atoms with Gasteiger partial charge in [-0.2, -0.15) is 0 Å². The summed E-state index contributed by atoms with van der Waals surface area (Å²) in [5.74, 6) is 3.42. The topological polar surface area (TPSA) is 29.5 Å². The van der Waals surface area contributed by atoms with Crippen molar-refractivity contribution in [2.24, 2.45) is 35.0 Å². The van der Waals surface area contributed by atoms with Crippen LogP contribution in [0.4, 0.5) is 0 Å². The largest absolute Gasteiger partial charge is 0.413 e. The lowest BCUT2D eigenvalue weighted by Crippen LogP contribution is -2.46. The fraction of sp³-hybridized carbons (Fsp3) is 0.765. The van der Waals surface area contributed by atoms with E-state index in [0.717, 1.165) is 17.9 Å². The van der Waals surface area contributed by atoms with Gasteiger partial charge in [0.2, 0.25) is 0 Å². The maximum atomic E-state index is 10.8. The van der Waals surface area contributed by atoms with Crippen LogP contribution in [-0.4, -0.2) is 25.6 Å². The fourth-order valence-corrected chi connectivity index (χ4v) is 8.35. The van der Waals surface area contributed by atoms with Gasteiger partial charge in [0.25, 0.3) is 0 Å². The molecule has 3 heteroatoms. The van der Waals surface area contributed by atoms with Crippen LogP contribution in [0.25, 0.3) is 0 Å². The molecule has 0 unspecified atom stereocenters. The minimum Gasteiger partial charge on any atom is -0.413 e. The van der Waals surface area contributed by atoms with Gasteiger partial charge >= 0.3 is 0 Å². The molecule has 0 radical (unpaired) electrons. The molecule has 0 aliphatic heterocycles. The summed E-state index contributed by atoms with van der Waals surface area (Å²) in [6.45, 7) is 27.8. The van der Waals surface area contributed by atoms with Crippen LogP contribution in [0.5, 0.6) is 0 Å². The van der Waals surface area contributed by atoms with Gasteiger partial charge in [0.1, 0.15) is 0 Å². The van der Waals surface area contributed by atoms with Crippen molar-refractivity contribution in [2.75, 3.05) is 0 Å². The van der Waals surface area contributed by atoms with Gasteiger partial charge < -0.3 is 9.53 Å². The summed E-state index contributed by atoms with van der Waals surface area (Å²) < 4.78 is 6.73. The van der Waals surface area contributed by atoms with Gasteiger partial charge in [-0.25, -0.2) is 0 Å². The maximum Gasteiger partial charge on any atom is 0.192 e. The third-order valence-corrected chi connectivity index (χ3v) is 15.5. The first-order valence-corrected chi connectivity index (χ1v) is 18.1. The van der Waals surface area contributed by atoms with Crippen molar-refractivity contribution in [1.82, 2.24) is 0 Å². The van der Waals surface area contributed by atoms with Crippen LogP contribution in [0.1, 0.15) is 100 Å². The van der Waals surface area contributed by atoms with Crippen LogP contribution in [-0.2, 0) is 4.43 Å². The monoisotopic (exact) mass is 526 g/mol. The molecule has 3 rings (SSSR count). The van der Waals surface area contributed by atoms with E-state index in [2.05, 4.69) is 99.4 Å². The highest BCUT2D eigenvalue weighted by Crippen LogP contribution is 2.59. The summed E-state index contributed by atoms with van der Waals surface area (Å²) in [6, 6.07) is 0. The molecule has 7 atom stereocenters. The van der Waals surface area contributed by atoms with Gasteiger partial charge in [-0.1, -0.05) is 91.8 Å². The summed E-state index contributed by atoms with van der Waals surface area (Å²) in [5, 5.41) is 11.0. The third kappa shape index (κ3) is 6.82. The Hall–Kier alpha value is -0.903. The first kappa shape index (κ1) is 30.6. The molecule has 3 aliphatic carbocycles. The van der Waals surface area contributed by atoms with Crippen molar-refractivity contribution in [3.05, 3.63) is 47.6 Å². The summed E-state index contributed by atoms with van der Waals surface area (Å²) >= 11 is 0. The zero-order valence-electron chi connectivity index (χ0n) is 25.9. The van der Waals surface area contributed by atoms with Crippen LogP contribution in [0, 0.1) is 35.0 Å². The fourth-order valence-electron chi connectivity index (χ4n) is 6.98. The Kier molecular flexibility index (Phi) is 9.67. The van der Waals surface area contributed by atoms with E-state index in [-0.39, 0.29) is 11.1 Å². The van der Waals surface area contributed by atoms with Crippen LogP contribution in [0.2, 0.25) is 18.1 Å². The molecule has 37 heavy (non-hydrogen) atoms. The SMILES string of the molecule is C=C1/C(=C/C=C2/CCC[C@]3(C)[C@@H]([C@H](C)C=C[C@H](C)C(C)C)CC[C@@H]23)C[C@@H](O[Si](C)(C)C(C)(C)C)C[C@@H]1O. The molecule has 3 saturated carbocycles. The molecule has 0 aromatic carbocycles. The molecule has 0 aromatic rings. The van der Waals surface area contributed by atoms with Crippen molar-refractivity contribution in [3.8, 4) is 0 Å². The second-order valence-corrected chi connectivity index (χ2v) is 19.6. The molecular weight excluding hydrogens is 468 g/mol. The zero-order valence-corrected chi connectivity index (χ0v) is 26.9. The summed E-state index contributed by atoms with van der Waals surface area (Å²) in [5.41, 5.74) is 4.11. The Labute approximate surface area is 230 Å². The molecule has 210 valence electrons. The lowest BCUT2D eigenvalue weighted by molar-refractivity contribution is 0.0924. The molecule has 3 fully saturated rings.